The average Bonchev–Trinajstić information content (AvgIpc) is 3.21. The van der Waals surface area contributed by atoms with Crippen LogP contribution in [-0.2, 0) is 11.3 Å². The van der Waals surface area contributed by atoms with Gasteiger partial charge in [0.15, 0.2) is 0 Å². The van der Waals surface area contributed by atoms with E-state index >= 15 is 0 Å². The smallest absolute Gasteiger partial charge is 0.243 e. The Balaban J connectivity index is 1.56. The Morgan fingerprint density at radius 2 is 1.76 bits per heavy atom. The second-order valence-electron chi connectivity index (χ2n) is 9.81. The molecule has 1 N–H and O–H groups in total. The molecule has 1 aromatic rings. The number of rotatable bonds is 4. The van der Waals surface area contributed by atoms with Gasteiger partial charge in [0.2, 0.25) is 5.91 Å². The van der Waals surface area contributed by atoms with E-state index < -0.39 is 0 Å². The van der Waals surface area contributed by atoms with Crippen LogP contribution in [0.25, 0.3) is 0 Å². The van der Waals surface area contributed by atoms with E-state index in [2.05, 4.69) is 42.2 Å². The molecular weight excluding hydrogens is 364 g/mol. The van der Waals surface area contributed by atoms with Crippen LogP contribution in [0.1, 0.15) is 88.2 Å². The zero-order chi connectivity index (χ0) is 20.8. The molecule has 29 heavy (non-hydrogen) atoms. The molecule has 1 amide bonds. The van der Waals surface area contributed by atoms with Gasteiger partial charge in [0.05, 0.1) is 11.8 Å². The Bertz CT molecular complexity index is 750. The molecule has 1 spiro atoms. The molecule has 6 nitrogen and oxygen atoms in total. The van der Waals surface area contributed by atoms with Crippen molar-refractivity contribution in [2.75, 3.05) is 13.1 Å². The van der Waals surface area contributed by atoms with Gasteiger partial charge in [0.25, 0.3) is 0 Å². The number of carbonyl (C=O) groups is 1. The third kappa shape index (κ3) is 3.63. The van der Waals surface area contributed by atoms with Crippen molar-refractivity contribution in [2.24, 2.45) is 0 Å². The summed E-state index contributed by atoms with van der Waals surface area (Å²) in [5.74, 6) is 0.356. The first-order valence-corrected chi connectivity index (χ1v) is 11.6. The predicted molar refractivity (Wildman–Crippen MR) is 114 cm³/mol. The Labute approximate surface area is 175 Å². The maximum Gasteiger partial charge on any atom is 0.243 e. The summed E-state index contributed by atoms with van der Waals surface area (Å²) in [6.45, 7) is 11.3. The van der Waals surface area contributed by atoms with Crippen molar-refractivity contribution in [1.82, 2.24) is 19.6 Å². The standard InChI is InChI=1S/C23H38N4O2/c1-16(2)27-18(4)21(17(3)24-27)15-25-13-5-11-23(25)12-6-14-26(22(23)29)19-7-9-20(28)10-8-19/h16,19-20,28H,5-15H2,1-4H3. The lowest BCUT2D eigenvalue weighted by molar-refractivity contribution is -0.152. The van der Waals surface area contributed by atoms with E-state index in [1.165, 1.54) is 11.3 Å². The minimum atomic E-state index is -0.326. The molecule has 2 aliphatic heterocycles. The van der Waals surface area contributed by atoms with Gasteiger partial charge in [0, 0.05) is 36.4 Å². The molecule has 0 bridgehead atoms. The van der Waals surface area contributed by atoms with E-state index in [9.17, 15) is 9.90 Å². The van der Waals surface area contributed by atoms with Gasteiger partial charge in [0.1, 0.15) is 5.54 Å². The van der Waals surface area contributed by atoms with Gasteiger partial charge in [-0.15, -0.1) is 0 Å². The summed E-state index contributed by atoms with van der Waals surface area (Å²) in [5.41, 5.74) is 3.30. The summed E-state index contributed by atoms with van der Waals surface area (Å²) in [6.07, 6.45) is 7.53. The molecule has 0 radical (unpaired) electrons. The summed E-state index contributed by atoms with van der Waals surface area (Å²) < 4.78 is 2.12. The van der Waals surface area contributed by atoms with Crippen molar-refractivity contribution in [3.05, 3.63) is 17.0 Å². The van der Waals surface area contributed by atoms with Crippen molar-refractivity contribution >= 4 is 5.91 Å². The van der Waals surface area contributed by atoms with E-state index in [-0.39, 0.29) is 11.6 Å². The Morgan fingerprint density at radius 1 is 1.10 bits per heavy atom. The van der Waals surface area contributed by atoms with Crippen LogP contribution in [-0.4, -0.2) is 61.4 Å². The van der Waals surface area contributed by atoms with Crippen LogP contribution in [0.3, 0.4) is 0 Å². The SMILES string of the molecule is Cc1nn(C(C)C)c(C)c1CN1CCCC12CCCN(C1CCC(O)CC1)C2=O. The monoisotopic (exact) mass is 402 g/mol. The highest BCUT2D eigenvalue weighted by atomic mass is 16.3. The maximum absolute atomic E-state index is 13.8. The van der Waals surface area contributed by atoms with Gasteiger partial charge < -0.3 is 10.0 Å². The van der Waals surface area contributed by atoms with Crippen molar-refractivity contribution in [2.45, 2.75) is 109 Å². The summed E-state index contributed by atoms with van der Waals surface area (Å²) in [6, 6.07) is 0.668. The molecule has 162 valence electrons. The molecular formula is C23H38N4O2. The Kier molecular flexibility index (Phi) is 5.77. The molecule has 3 aliphatic rings. The fraction of sp³-hybridized carbons (Fsp3) is 0.826. The second-order valence-corrected chi connectivity index (χ2v) is 9.81. The molecule has 1 aliphatic carbocycles. The highest BCUT2D eigenvalue weighted by molar-refractivity contribution is 5.88. The minimum Gasteiger partial charge on any atom is -0.393 e. The number of hydrogen-bond acceptors (Lipinski definition) is 4. The molecule has 0 aromatic carbocycles. The first-order valence-electron chi connectivity index (χ1n) is 11.6. The third-order valence-corrected chi connectivity index (χ3v) is 7.69. The topological polar surface area (TPSA) is 61.6 Å². The number of aryl methyl sites for hydroxylation is 1. The number of hydrogen-bond donors (Lipinski definition) is 1. The van der Waals surface area contributed by atoms with Crippen molar-refractivity contribution < 1.29 is 9.90 Å². The number of aromatic nitrogens is 2. The maximum atomic E-state index is 13.8. The van der Waals surface area contributed by atoms with Gasteiger partial charge >= 0.3 is 0 Å². The lowest BCUT2D eigenvalue weighted by Gasteiger charge is -2.48. The summed E-state index contributed by atoms with van der Waals surface area (Å²) in [5, 5.41) is 14.6. The molecule has 1 aromatic heterocycles. The first-order chi connectivity index (χ1) is 13.8. The molecule has 1 atom stereocenters. The number of nitrogens with zero attached hydrogens (tertiary/aromatic N) is 4. The van der Waals surface area contributed by atoms with Gasteiger partial charge in [-0.25, -0.2) is 0 Å². The normalized spacial score (nSPS) is 31.4. The van der Waals surface area contributed by atoms with Crippen LogP contribution in [0.2, 0.25) is 0 Å². The molecule has 3 fully saturated rings. The van der Waals surface area contributed by atoms with Crippen LogP contribution >= 0.6 is 0 Å². The van der Waals surface area contributed by atoms with Crippen LogP contribution < -0.4 is 0 Å². The molecule has 1 unspecified atom stereocenters. The first kappa shape index (κ1) is 20.9. The van der Waals surface area contributed by atoms with Crippen molar-refractivity contribution in [1.29, 1.82) is 0 Å². The Hall–Kier alpha value is -1.40. The van der Waals surface area contributed by atoms with Gasteiger partial charge in [-0.3, -0.25) is 14.4 Å². The predicted octanol–water partition coefficient (Wildman–Crippen LogP) is 3.34. The zero-order valence-electron chi connectivity index (χ0n) is 18.7. The van der Waals surface area contributed by atoms with E-state index in [0.29, 0.717) is 18.0 Å². The van der Waals surface area contributed by atoms with Crippen LogP contribution in [0.15, 0.2) is 0 Å². The highest BCUT2D eigenvalue weighted by Gasteiger charge is 2.52. The fourth-order valence-corrected chi connectivity index (χ4v) is 6.05. The van der Waals surface area contributed by atoms with Crippen LogP contribution in [0.4, 0.5) is 0 Å². The van der Waals surface area contributed by atoms with E-state index in [1.54, 1.807) is 0 Å². The lowest BCUT2D eigenvalue weighted by atomic mass is 9.82. The van der Waals surface area contributed by atoms with E-state index in [4.69, 9.17) is 5.10 Å². The fourth-order valence-electron chi connectivity index (χ4n) is 6.05. The van der Waals surface area contributed by atoms with Crippen LogP contribution in [0, 0.1) is 13.8 Å². The average molecular weight is 403 g/mol. The van der Waals surface area contributed by atoms with E-state index in [1.807, 2.05) is 0 Å². The van der Waals surface area contributed by atoms with Gasteiger partial charge in [-0.2, -0.15) is 5.10 Å². The summed E-state index contributed by atoms with van der Waals surface area (Å²) in [7, 11) is 0. The number of amides is 1. The lowest BCUT2D eigenvalue weighted by Crippen LogP contribution is -2.62. The zero-order valence-corrected chi connectivity index (χ0v) is 18.7. The largest absolute Gasteiger partial charge is 0.393 e. The molecule has 1 saturated carbocycles. The quantitative estimate of drug-likeness (QED) is 0.839. The number of piperidine rings is 1. The molecule has 2 saturated heterocycles. The molecule has 3 heterocycles. The Morgan fingerprint density at radius 3 is 2.38 bits per heavy atom. The number of aliphatic hydroxyl groups is 1. The molecule has 4 rings (SSSR count). The minimum absolute atomic E-state index is 0.175. The second kappa shape index (κ2) is 8.03. The number of aliphatic hydroxyl groups excluding tert-OH is 1. The molecule has 6 heteroatoms. The van der Waals surface area contributed by atoms with Crippen LogP contribution in [0.5, 0.6) is 0 Å². The van der Waals surface area contributed by atoms with Crippen molar-refractivity contribution in [3.63, 3.8) is 0 Å². The third-order valence-electron chi connectivity index (χ3n) is 7.69. The van der Waals surface area contributed by atoms with Gasteiger partial charge in [-0.05, 0) is 85.6 Å². The van der Waals surface area contributed by atoms with Crippen molar-refractivity contribution in [3.8, 4) is 0 Å². The number of likely N-dealkylation sites (tertiary alicyclic amines) is 2. The van der Waals surface area contributed by atoms with Gasteiger partial charge in [-0.1, -0.05) is 0 Å². The summed E-state index contributed by atoms with van der Waals surface area (Å²) in [4.78, 5) is 18.5. The highest BCUT2D eigenvalue weighted by Crippen LogP contribution is 2.41. The number of carbonyl (C=O) groups excluding carboxylic acids is 1. The summed E-state index contributed by atoms with van der Waals surface area (Å²) >= 11 is 0. The van der Waals surface area contributed by atoms with E-state index in [0.717, 1.165) is 76.7 Å².